The zero-order chi connectivity index (χ0) is 21.2. The minimum atomic E-state index is -0.0883. The van der Waals surface area contributed by atoms with E-state index in [2.05, 4.69) is 15.3 Å². The molecule has 0 atom stereocenters. The van der Waals surface area contributed by atoms with Crippen molar-refractivity contribution in [2.45, 2.75) is 12.8 Å². The Morgan fingerprint density at radius 2 is 2.00 bits per heavy atom. The Kier molecular flexibility index (Phi) is 4.95. The van der Waals surface area contributed by atoms with Crippen LogP contribution in [-0.4, -0.2) is 36.3 Å². The van der Waals surface area contributed by atoms with Gasteiger partial charge in [-0.05, 0) is 30.3 Å². The number of carbonyl (C=O) groups is 1. The molecule has 1 aliphatic heterocycles. The van der Waals surface area contributed by atoms with Gasteiger partial charge in [0.1, 0.15) is 17.1 Å². The number of nitrogens with zero attached hydrogens (tertiary/aromatic N) is 1. The van der Waals surface area contributed by atoms with Crippen molar-refractivity contribution in [3.05, 3.63) is 60.2 Å². The largest absolute Gasteiger partial charge is 0.497 e. The lowest BCUT2D eigenvalue weighted by Crippen LogP contribution is -2.27. The number of rotatable bonds is 7. The highest BCUT2D eigenvalue weighted by molar-refractivity contribution is 5.94. The van der Waals surface area contributed by atoms with Gasteiger partial charge in [0, 0.05) is 47.4 Å². The second-order valence-corrected chi connectivity index (χ2v) is 7.19. The van der Waals surface area contributed by atoms with Crippen LogP contribution in [-0.2, 0) is 17.6 Å². The monoisotopic (exact) mass is 419 g/mol. The number of nitrogens with one attached hydrogen (secondary N) is 2. The number of aromatic amines is 1. The summed E-state index contributed by atoms with van der Waals surface area (Å²) in [6, 6.07) is 11.2. The van der Waals surface area contributed by atoms with Crippen LogP contribution in [0.25, 0.3) is 22.3 Å². The summed E-state index contributed by atoms with van der Waals surface area (Å²) >= 11 is 0. The topological polar surface area (TPSA) is 98.6 Å². The van der Waals surface area contributed by atoms with E-state index in [1.807, 2.05) is 36.4 Å². The van der Waals surface area contributed by atoms with Crippen LogP contribution in [0.4, 0.5) is 0 Å². The molecule has 0 bridgehead atoms. The molecular formula is C23H21N3O5. The van der Waals surface area contributed by atoms with Gasteiger partial charge in [-0.1, -0.05) is 0 Å². The number of aromatic nitrogens is 2. The maximum Gasteiger partial charge on any atom is 0.231 e. The zero-order valence-corrected chi connectivity index (χ0v) is 16.9. The molecule has 2 aromatic carbocycles. The fourth-order valence-corrected chi connectivity index (χ4v) is 3.67. The average Bonchev–Trinajstić information content (AvgIpc) is 3.53. The van der Waals surface area contributed by atoms with Crippen molar-refractivity contribution in [2.75, 3.05) is 20.4 Å². The van der Waals surface area contributed by atoms with Gasteiger partial charge in [0.25, 0.3) is 0 Å². The fraction of sp³-hybridized carbons (Fsp3) is 0.217. The molecule has 2 aromatic heterocycles. The third kappa shape index (κ3) is 3.79. The molecule has 0 saturated carbocycles. The van der Waals surface area contributed by atoms with Gasteiger partial charge >= 0.3 is 0 Å². The third-order valence-corrected chi connectivity index (χ3v) is 5.25. The number of imidazole rings is 1. The Hall–Kier alpha value is -3.94. The first kappa shape index (κ1) is 19.0. The molecule has 4 aromatic rings. The van der Waals surface area contributed by atoms with E-state index in [0.29, 0.717) is 35.8 Å². The Labute approximate surface area is 178 Å². The summed E-state index contributed by atoms with van der Waals surface area (Å²) in [4.78, 5) is 19.8. The lowest BCUT2D eigenvalue weighted by Gasteiger charge is -2.07. The van der Waals surface area contributed by atoms with Crippen molar-refractivity contribution in [2.24, 2.45) is 0 Å². The van der Waals surface area contributed by atoms with Gasteiger partial charge in [0.2, 0.25) is 12.7 Å². The summed E-state index contributed by atoms with van der Waals surface area (Å²) in [5.74, 6) is 2.59. The Bertz CT molecular complexity index is 1210. The van der Waals surface area contributed by atoms with Crippen molar-refractivity contribution >= 4 is 16.9 Å². The minimum absolute atomic E-state index is 0.0883. The molecule has 0 saturated heterocycles. The van der Waals surface area contributed by atoms with Crippen LogP contribution in [0.5, 0.6) is 17.2 Å². The number of carbonyl (C=O) groups excluding carboxylic acids is 1. The van der Waals surface area contributed by atoms with Crippen LogP contribution >= 0.6 is 0 Å². The number of furan rings is 1. The molecule has 0 spiro atoms. The summed E-state index contributed by atoms with van der Waals surface area (Å²) in [6.45, 7) is 0.692. The second kappa shape index (κ2) is 8.06. The van der Waals surface area contributed by atoms with Crippen molar-refractivity contribution in [3.63, 3.8) is 0 Å². The molecule has 0 unspecified atom stereocenters. The van der Waals surface area contributed by atoms with E-state index in [-0.39, 0.29) is 19.1 Å². The first-order chi connectivity index (χ1) is 15.2. The molecule has 3 heterocycles. The van der Waals surface area contributed by atoms with Crippen LogP contribution in [0.2, 0.25) is 0 Å². The lowest BCUT2D eigenvalue weighted by atomic mass is 10.0. The quantitative estimate of drug-likeness (QED) is 0.476. The maximum atomic E-state index is 12.7. The molecule has 0 fully saturated rings. The normalized spacial score (nSPS) is 12.3. The van der Waals surface area contributed by atoms with E-state index in [1.165, 1.54) is 0 Å². The van der Waals surface area contributed by atoms with Crippen LogP contribution in [0.1, 0.15) is 11.3 Å². The first-order valence-electron chi connectivity index (χ1n) is 9.94. The van der Waals surface area contributed by atoms with E-state index in [9.17, 15) is 4.79 Å². The van der Waals surface area contributed by atoms with Crippen molar-refractivity contribution in [1.29, 1.82) is 0 Å². The Morgan fingerprint density at radius 3 is 2.74 bits per heavy atom. The van der Waals surface area contributed by atoms with Gasteiger partial charge in [-0.25, -0.2) is 4.98 Å². The van der Waals surface area contributed by atoms with E-state index >= 15 is 0 Å². The molecule has 31 heavy (non-hydrogen) atoms. The number of H-pyrrole nitrogens is 1. The highest BCUT2D eigenvalue weighted by Crippen LogP contribution is 2.42. The number of methoxy groups -OCH3 is 1. The molecule has 2 N–H and O–H groups in total. The number of hydrogen-bond acceptors (Lipinski definition) is 6. The molecule has 0 aliphatic carbocycles. The first-order valence-corrected chi connectivity index (χ1v) is 9.94. The Morgan fingerprint density at radius 1 is 1.19 bits per heavy atom. The molecule has 1 amide bonds. The predicted molar refractivity (Wildman–Crippen MR) is 113 cm³/mol. The summed E-state index contributed by atoms with van der Waals surface area (Å²) in [6.07, 6.45) is 4.24. The molecule has 158 valence electrons. The number of amides is 1. The molecule has 8 nitrogen and oxygen atoms in total. The standard InChI is InChI=1S/C23H21N3O5/c1-28-16-4-2-14(3-5-16)23-18(9-22(27)25-7-6-15-11-24-12-26-15)17-8-20-21(30-13-29-20)10-19(17)31-23/h2-5,8,10-12H,6-7,9,13H2,1H3,(H,24,26)(H,25,27). The average molecular weight is 419 g/mol. The smallest absolute Gasteiger partial charge is 0.231 e. The summed E-state index contributed by atoms with van der Waals surface area (Å²) in [7, 11) is 1.62. The Balaban J connectivity index is 1.45. The van der Waals surface area contributed by atoms with Crippen molar-refractivity contribution in [3.8, 4) is 28.6 Å². The van der Waals surface area contributed by atoms with Crippen LogP contribution in [0, 0.1) is 0 Å². The highest BCUT2D eigenvalue weighted by Gasteiger charge is 2.23. The van der Waals surface area contributed by atoms with Crippen LogP contribution < -0.4 is 19.5 Å². The fourth-order valence-electron chi connectivity index (χ4n) is 3.67. The number of benzene rings is 2. The van der Waals surface area contributed by atoms with E-state index in [4.69, 9.17) is 18.6 Å². The summed E-state index contributed by atoms with van der Waals surface area (Å²) in [5.41, 5.74) is 3.28. The van der Waals surface area contributed by atoms with Crippen molar-refractivity contribution < 1.29 is 23.4 Å². The highest BCUT2D eigenvalue weighted by atomic mass is 16.7. The van der Waals surface area contributed by atoms with Gasteiger partial charge in [0.05, 0.1) is 19.9 Å². The number of hydrogen-bond donors (Lipinski definition) is 2. The minimum Gasteiger partial charge on any atom is -0.497 e. The summed E-state index contributed by atoms with van der Waals surface area (Å²) in [5, 5.41) is 3.80. The number of ether oxygens (including phenoxy) is 3. The van der Waals surface area contributed by atoms with E-state index < -0.39 is 0 Å². The lowest BCUT2D eigenvalue weighted by molar-refractivity contribution is -0.120. The van der Waals surface area contributed by atoms with Gasteiger partial charge in [-0.15, -0.1) is 0 Å². The van der Waals surface area contributed by atoms with E-state index in [1.54, 1.807) is 19.6 Å². The van der Waals surface area contributed by atoms with E-state index in [0.717, 1.165) is 28.0 Å². The second-order valence-electron chi connectivity index (χ2n) is 7.19. The van der Waals surface area contributed by atoms with Gasteiger partial charge in [0.15, 0.2) is 11.5 Å². The molecule has 5 rings (SSSR count). The van der Waals surface area contributed by atoms with Gasteiger partial charge in [-0.2, -0.15) is 0 Å². The third-order valence-electron chi connectivity index (χ3n) is 5.25. The summed E-state index contributed by atoms with van der Waals surface area (Å²) < 4.78 is 22.4. The predicted octanol–water partition coefficient (Wildman–Crippen LogP) is 3.46. The molecular weight excluding hydrogens is 398 g/mol. The number of fused-ring (bicyclic) bond motifs is 2. The van der Waals surface area contributed by atoms with Crippen molar-refractivity contribution in [1.82, 2.24) is 15.3 Å². The van der Waals surface area contributed by atoms with Gasteiger partial charge < -0.3 is 28.9 Å². The zero-order valence-electron chi connectivity index (χ0n) is 16.9. The van der Waals surface area contributed by atoms with Crippen LogP contribution in [0.3, 0.4) is 0 Å². The van der Waals surface area contributed by atoms with Crippen LogP contribution in [0.15, 0.2) is 53.3 Å². The molecule has 0 radical (unpaired) electrons. The van der Waals surface area contributed by atoms with Gasteiger partial charge in [-0.3, -0.25) is 4.79 Å². The maximum absolute atomic E-state index is 12.7. The molecule has 8 heteroatoms. The SMILES string of the molecule is COc1ccc(-c2oc3cc4c(cc3c2CC(=O)NCCc2cnc[nH]2)OCO4)cc1. The molecule has 1 aliphatic rings.